The summed E-state index contributed by atoms with van der Waals surface area (Å²) in [5.74, 6) is 2.64. The normalized spacial score (nSPS) is 32.4. The molecule has 60 heavy (non-hydrogen) atoms. The lowest BCUT2D eigenvalue weighted by atomic mass is 9.36. The molecule has 0 spiro atoms. The number of fused-ring (bicyclic) bond motifs is 7. The summed E-state index contributed by atoms with van der Waals surface area (Å²) in [6, 6.07) is 7.16. The third-order valence-electron chi connectivity index (χ3n) is 15.8. The van der Waals surface area contributed by atoms with Gasteiger partial charge in [0.25, 0.3) is 0 Å². The number of ether oxygens (including phenoxy) is 1. The zero-order valence-electron chi connectivity index (χ0n) is 38.4. The minimum atomic E-state index is -0.868. The van der Waals surface area contributed by atoms with E-state index in [0.717, 1.165) is 43.1 Å². The monoisotopic (exact) mass is 823 g/mol. The van der Waals surface area contributed by atoms with Crippen LogP contribution in [-0.4, -0.2) is 60.6 Å². The second kappa shape index (κ2) is 23.1. The third-order valence-corrected chi connectivity index (χ3v) is 15.8. The summed E-state index contributed by atoms with van der Waals surface area (Å²) < 4.78 is 4.95. The number of hydrogen-bond donors (Lipinski definition) is 2. The van der Waals surface area contributed by atoms with E-state index in [1.807, 2.05) is 32.9 Å². The van der Waals surface area contributed by atoms with E-state index >= 15 is 0 Å². The van der Waals surface area contributed by atoms with Crippen LogP contribution in [0.5, 0.6) is 0 Å². The number of carbonyl (C=O) groups excluding carboxylic acids is 2. The smallest absolute Gasteiger partial charge is 0.335 e. The molecule has 0 bridgehead atoms. The standard InChI is InChI=1S/C42H60N2O5.C3H6.C2H6.3C2H2/c1-39(2)30(27-10-12-28(13-11-27)37(46)47)16-21-41(4)34(39)18-22-40(3)31-17-23-42(20-6-8-32(42)29(31)14-15-35(40)41)26-43-24-19-36(45)44-25-7-9-33(44)38(48)49-5;1-3-2;4*1-2/h10-13,16,29,31-35,43H,6-9,14-15,17-26H2,1-5H3,(H,46,47);3H,1H2,2H3;1-2H3;3*1-2H/t29-,31?,32?,33-,34?,35?,40-,41-,42+;;;;;/m0...../s1. The maximum Gasteiger partial charge on any atom is 0.335 e. The molecule has 9 atom stereocenters. The van der Waals surface area contributed by atoms with E-state index in [9.17, 15) is 19.5 Å². The van der Waals surface area contributed by atoms with Crippen LogP contribution in [0.4, 0.5) is 0 Å². The van der Waals surface area contributed by atoms with Gasteiger partial charge in [-0.3, -0.25) is 4.79 Å². The number of carboxylic acid groups (broad SMARTS) is 1. The molecule has 1 aromatic carbocycles. The average Bonchev–Trinajstić information content (AvgIpc) is 3.94. The van der Waals surface area contributed by atoms with Crippen molar-refractivity contribution in [3.05, 3.63) is 54.1 Å². The first-order valence-corrected chi connectivity index (χ1v) is 22.5. The number of rotatable bonds is 8. The van der Waals surface area contributed by atoms with Gasteiger partial charge in [-0.1, -0.05) is 72.2 Å². The van der Waals surface area contributed by atoms with Crippen molar-refractivity contribution < 1.29 is 24.2 Å². The highest BCUT2D eigenvalue weighted by atomic mass is 16.5. The van der Waals surface area contributed by atoms with Crippen molar-refractivity contribution in [2.45, 2.75) is 138 Å². The van der Waals surface area contributed by atoms with Gasteiger partial charge in [0, 0.05) is 26.1 Å². The van der Waals surface area contributed by atoms with E-state index in [0.29, 0.717) is 48.2 Å². The quantitative estimate of drug-likeness (QED) is 0.117. The van der Waals surface area contributed by atoms with E-state index in [-0.39, 0.29) is 22.7 Å². The highest BCUT2D eigenvalue weighted by Crippen LogP contribution is 2.73. The number of allylic oxidation sites excluding steroid dienone is 3. The molecule has 7 nitrogen and oxygen atoms in total. The molecule has 7 heteroatoms. The van der Waals surface area contributed by atoms with Crippen LogP contribution in [-0.2, 0) is 14.3 Å². The Kier molecular flexibility index (Phi) is 20.0. The number of methoxy groups -OCH3 is 1. The molecule has 1 heterocycles. The first-order chi connectivity index (χ1) is 28.8. The lowest BCUT2D eigenvalue weighted by molar-refractivity contribution is -0.177. The van der Waals surface area contributed by atoms with Crippen molar-refractivity contribution in [1.29, 1.82) is 0 Å². The van der Waals surface area contributed by atoms with Crippen LogP contribution in [0.3, 0.4) is 0 Å². The number of amides is 1. The molecule has 1 saturated heterocycles. The van der Waals surface area contributed by atoms with Gasteiger partial charge >= 0.3 is 11.9 Å². The number of hydrogen-bond acceptors (Lipinski definition) is 5. The second-order valence-electron chi connectivity index (χ2n) is 18.4. The molecule has 4 saturated carbocycles. The number of benzene rings is 1. The van der Waals surface area contributed by atoms with Gasteiger partial charge in [0.15, 0.2) is 0 Å². The summed E-state index contributed by atoms with van der Waals surface area (Å²) in [7, 11) is 1.41. The zero-order chi connectivity index (χ0) is 45.5. The van der Waals surface area contributed by atoms with Gasteiger partial charge in [-0.15, -0.1) is 45.1 Å². The molecular weight excluding hydrogens is 745 g/mol. The molecule has 330 valence electrons. The summed E-state index contributed by atoms with van der Waals surface area (Å²) in [4.78, 5) is 38.5. The Labute approximate surface area is 365 Å². The van der Waals surface area contributed by atoms with E-state index in [1.54, 1.807) is 23.1 Å². The summed E-state index contributed by atoms with van der Waals surface area (Å²) in [5.41, 5.74) is 3.97. The fraction of sp³-hybridized carbons (Fsp3) is 0.642. The maximum atomic E-state index is 13.1. The van der Waals surface area contributed by atoms with Crippen LogP contribution in [0, 0.1) is 89.8 Å². The predicted octanol–water partition coefficient (Wildman–Crippen LogP) is 11.0. The van der Waals surface area contributed by atoms with Gasteiger partial charge in [0.1, 0.15) is 6.04 Å². The van der Waals surface area contributed by atoms with Crippen molar-refractivity contribution in [1.82, 2.24) is 10.2 Å². The van der Waals surface area contributed by atoms with Crippen LogP contribution in [0.2, 0.25) is 0 Å². The largest absolute Gasteiger partial charge is 0.478 e. The van der Waals surface area contributed by atoms with Crippen molar-refractivity contribution in [2.75, 3.05) is 26.7 Å². The van der Waals surface area contributed by atoms with Gasteiger partial charge < -0.3 is 20.1 Å². The molecule has 7 rings (SSSR count). The fourth-order valence-corrected chi connectivity index (χ4v) is 13.7. The molecule has 5 aliphatic carbocycles. The molecule has 1 aromatic rings. The predicted molar refractivity (Wildman–Crippen MR) is 249 cm³/mol. The minimum Gasteiger partial charge on any atom is -0.478 e. The first-order valence-electron chi connectivity index (χ1n) is 22.5. The summed E-state index contributed by atoms with van der Waals surface area (Å²) in [6.45, 7) is 21.8. The Morgan fingerprint density at radius 2 is 1.48 bits per heavy atom. The number of terminal acetylenes is 3. The highest BCUT2D eigenvalue weighted by Gasteiger charge is 2.65. The average molecular weight is 823 g/mol. The number of carboxylic acids is 1. The van der Waals surface area contributed by atoms with Crippen LogP contribution in [0.25, 0.3) is 5.57 Å². The lowest BCUT2D eigenvalue weighted by Crippen LogP contribution is -2.61. The minimum absolute atomic E-state index is 0.0329. The van der Waals surface area contributed by atoms with E-state index in [2.05, 4.69) is 84.2 Å². The maximum absolute atomic E-state index is 13.1. The van der Waals surface area contributed by atoms with Crippen LogP contribution in [0.15, 0.2) is 43.0 Å². The first kappa shape index (κ1) is 51.9. The zero-order valence-corrected chi connectivity index (χ0v) is 38.4. The van der Waals surface area contributed by atoms with Gasteiger partial charge in [-0.25, -0.2) is 9.59 Å². The van der Waals surface area contributed by atoms with Crippen molar-refractivity contribution in [3.63, 3.8) is 0 Å². The number of aromatic carboxylic acids is 1. The Morgan fingerprint density at radius 1 is 0.850 bits per heavy atom. The van der Waals surface area contributed by atoms with Gasteiger partial charge in [-0.2, -0.15) is 0 Å². The second-order valence-corrected chi connectivity index (χ2v) is 18.4. The SMILES string of the molecule is C#C.C#C.C#C.C=CC.CC.COC(=O)[C@@H]1CCCN1C(=O)CCNC[C@]12CCCC1[C@H]1CCC3[C@@](C)(CCC4C(C)(C)C(c5ccc(C(=O)O)cc5)=CC[C@@]43C)C1CC2. The molecule has 0 radical (unpaired) electrons. The van der Waals surface area contributed by atoms with Crippen molar-refractivity contribution >= 4 is 23.4 Å². The highest BCUT2D eigenvalue weighted by molar-refractivity contribution is 5.88. The molecule has 2 N–H and O–H groups in total. The number of nitrogens with one attached hydrogen (secondary N) is 1. The third kappa shape index (κ3) is 10.1. The van der Waals surface area contributed by atoms with Gasteiger partial charge in [0.05, 0.1) is 12.7 Å². The topological polar surface area (TPSA) is 95.9 Å². The molecule has 1 amide bonds. The van der Waals surface area contributed by atoms with Gasteiger partial charge in [0.2, 0.25) is 5.91 Å². The molecule has 4 unspecified atom stereocenters. The summed E-state index contributed by atoms with van der Waals surface area (Å²) in [6.07, 6.45) is 43.3. The lowest BCUT2D eigenvalue weighted by Gasteiger charge is -2.68. The molecule has 6 aliphatic rings. The van der Waals surface area contributed by atoms with Crippen LogP contribution < -0.4 is 5.32 Å². The number of esters is 1. The Bertz CT molecular complexity index is 1650. The summed E-state index contributed by atoms with van der Waals surface area (Å²) in [5, 5.41) is 13.2. The molecular formula is C53H78N2O5. The Morgan fingerprint density at radius 3 is 2.08 bits per heavy atom. The molecule has 1 aliphatic heterocycles. The Hall–Kier alpha value is -4.25. The number of carbonyl (C=O) groups is 3. The number of likely N-dealkylation sites (tertiary alicyclic amines) is 1. The van der Waals surface area contributed by atoms with E-state index in [1.165, 1.54) is 76.0 Å². The fourth-order valence-electron chi connectivity index (χ4n) is 13.7. The van der Waals surface area contributed by atoms with Crippen LogP contribution >= 0.6 is 0 Å². The van der Waals surface area contributed by atoms with Crippen molar-refractivity contribution in [2.24, 2.45) is 51.2 Å². The molecule has 0 aromatic heterocycles. The Balaban J connectivity index is 0.00000104. The summed E-state index contributed by atoms with van der Waals surface area (Å²) >= 11 is 0. The van der Waals surface area contributed by atoms with Crippen molar-refractivity contribution in [3.8, 4) is 38.5 Å². The van der Waals surface area contributed by atoms with E-state index < -0.39 is 12.0 Å². The molecule has 5 fully saturated rings. The van der Waals surface area contributed by atoms with E-state index in [4.69, 9.17) is 4.74 Å². The number of nitrogens with zero attached hydrogens (tertiary/aromatic N) is 1. The van der Waals surface area contributed by atoms with Gasteiger partial charge in [-0.05, 0) is 152 Å². The van der Waals surface area contributed by atoms with Crippen LogP contribution in [0.1, 0.15) is 148 Å².